The van der Waals surface area contributed by atoms with Crippen molar-refractivity contribution in [2.45, 2.75) is 69.6 Å². The molecule has 2 aromatic rings. The SMILES string of the molecule is CC(=O)NCCC(C)(C)C[C@@H]1N[C@@H](C(=O)NCC[C@H](O)CO)[C@H](c2cccc(Cl)c2F)[C@@]1(C#N)c1ccc(Cl)cc1F. The molecule has 2 amide bonds. The lowest BCUT2D eigenvalue weighted by molar-refractivity contribution is -0.123. The van der Waals surface area contributed by atoms with Crippen molar-refractivity contribution in [1.29, 1.82) is 5.26 Å². The van der Waals surface area contributed by atoms with E-state index in [4.69, 9.17) is 28.3 Å². The summed E-state index contributed by atoms with van der Waals surface area (Å²) in [6.45, 7) is 5.11. The average Bonchev–Trinajstić information content (AvgIpc) is 3.23. The fourth-order valence-electron chi connectivity index (χ4n) is 5.74. The summed E-state index contributed by atoms with van der Waals surface area (Å²) in [6.07, 6.45) is -0.253. The number of nitrogens with one attached hydrogen (secondary N) is 3. The van der Waals surface area contributed by atoms with Gasteiger partial charge in [-0.1, -0.05) is 55.2 Å². The first-order valence-corrected chi connectivity index (χ1v) is 14.4. The summed E-state index contributed by atoms with van der Waals surface area (Å²) >= 11 is 12.2. The predicted molar refractivity (Wildman–Crippen MR) is 156 cm³/mol. The van der Waals surface area contributed by atoms with E-state index in [0.29, 0.717) is 13.0 Å². The first kappa shape index (κ1) is 33.7. The summed E-state index contributed by atoms with van der Waals surface area (Å²) in [5, 5.41) is 38.4. The van der Waals surface area contributed by atoms with Gasteiger partial charge in [0.15, 0.2) is 0 Å². The van der Waals surface area contributed by atoms with Crippen molar-refractivity contribution in [1.82, 2.24) is 16.0 Å². The van der Waals surface area contributed by atoms with Crippen LogP contribution in [0.5, 0.6) is 0 Å². The third kappa shape index (κ3) is 7.39. The Balaban J connectivity index is 2.20. The first-order valence-electron chi connectivity index (χ1n) is 13.6. The molecule has 42 heavy (non-hydrogen) atoms. The molecule has 8 nitrogen and oxygen atoms in total. The zero-order chi connectivity index (χ0) is 31.2. The molecule has 12 heteroatoms. The molecule has 0 spiro atoms. The maximum absolute atomic E-state index is 15.8. The van der Waals surface area contributed by atoms with Crippen molar-refractivity contribution in [3.05, 3.63) is 69.2 Å². The fourth-order valence-corrected chi connectivity index (χ4v) is 6.08. The van der Waals surface area contributed by atoms with E-state index in [9.17, 15) is 20.0 Å². The quantitative estimate of drug-likeness (QED) is 0.243. The van der Waals surface area contributed by atoms with E-state index >= 15 is 8.78 Å². The van der Waals surface area contributed by atoms with Crippen LogP contribution in [0.3, 0.4) is 0 Å². The highest BCUT2D eigenvalue weighted by Gasteiger charge is 2.61. The maximum atomic E-state index is 15.8. The van der Waals surface area contributed by atoms with Gasteiger partial charge in [0, 0.05) is 42.6 Å². The van der Waals surface area contributed by atoms with Gasteiger partial charge in [-0.25, -0.2) is 8.78 Å². The van der Waals surface area contributed by atoms with Gasteiger partial charge >= 0.3 is 0 Å². The minimum atomic E-state index is -1.81. The molecule has 0 aliphatic carbocycles. The Morgan fingerprint density at radius 1 is 1.19 bits per heavy atom. The Kier molecular flexibility index (Phi) is 11.3. The average molecular weight is 626 g/mol. The van der Waals surface area contributed by atoms with Crippen LogP contribution in [0.15, 0.2) is 36.4 Å². The number of hydrogen-bond acceptors (Lipinski definition) is 6. The summed E-state index contributed by atoms with van der Waals surface area (Å²) in [7, 11) is 0. The Hall–Kier alpha value is -2.81. The molecule has 0 radical (unpaired) electrons. The second-order valence-electron chi connectivity index (χ2n) is 11.4. The van der Waals surface area contributed by atoms with Crippen LogP contribution in [0, 0.1) is 28.4 Å². The monoisotopic (exact) mass is 624 g/mol. The van der Waals surface area contributed by atoms with Crippen LogP contribution < -0.4 is 16.0 Å². The zero-order valence-electron chi connectivity index (χ0n) is 23.7. The van der Waals surface area contributed by atoms with Crippen molar-refractivity contribution in [2.75, 3.05) is 19.7 Å². The molecule has 0 aromatic heterocycles. The molecule has 0 saturated carbocycles. The van der Waals surface area contributed by atoms with Gasteiger partial charge in [0.05, 0.1) is 29.8 Å². The summed E-state index contributed by atoms with van der Waals surface area (Å²) in [5.41, 5.74) is -2.43. The smallest absolute Gasteiger partial charge is 0.237 e. The summed E-state index contributed by atoms with van der Waals surface area (Å²) < 4.78 is 31.5. The fraction of sp³-hybridized carbons (Fsp3) is 0.500. The molecule has 0 unspecified atom stereocenters. The number of nitrogens with zero attached hydrogens (tertiary/aromatic N) is 1. The van der Waals surface area contributed by atoms with Gasteiger partial charge in [-0.15, -0.1) is 0 Å². The van der Waals surface area contributed by atoms with Crippen molar-refractivity contribution in [3.8, 4) is 6.07 Å². The summed E-state index contributed by atoms with van der Waals surface area (Å²) in [5.74, 6) is -3.66. The van der Waals surface area contributed by atoms with Crippen LogP contribution in [0.25, 0.3) is 0 Å². The number of hydrogen-bond donors (Lipinski definition) is 5. The van der Waals surface area contributed by atoms with E-state index in [-0.39, 0.29) is 46.5 Å². The van der Waals surface area contributed by atoms with E-state index < -0.39 is 59.1 Å². The molecule has 2 aromatic carbocycles. The van der Waals surface area contributed by atoms with Gasteiger partial charge in [-0.3, -0.25) is 9.59 Å². The van der Waals surface area contributed by atoms with E-state index in [1.54, 1.807) is 0 Å². The molecule has 1 heterocycles. The topological polar surface area (TPSA) is 134 Å². The Morgan fingerprint density at radius 2 is 1.90 bits per heavy atom. The van der Waals surface area contributed by atoms with Gasteiger partial charge in [0.2, 0.25) is 11.8 Å². The lowest BCUT2D eigenvalue weighted by Crippen LogP contribution is -2.46. The van der Waals surface area contributed by atoms with Crippen LogP contribution >= 0.6 is 23.2 Å². The summed E-state index contributed by atoms with van der Waals surface area (Å²) in [4.78, 5) is 25.1. The number of carbonyl (C=O) groups is 2. The van der Waals surface area contributed by atoms with Crippen LogP contribution in [-0.4, -0.2) is 59.9 Å². The molecule has 1 saturated heterocycles. The maximum Gasteiger partial charge on any atom is 0.237 e. The number of benzene rings is 2. The molecular formula is C30H36Cl2F2N4O4. The number of rotatable bonds is 12. The minimum Gasteiger partial charge on any atom is -0.394 e. The van der Waals surface area contributed by atoms with Crippen molar-refractivity contribution < 1.29 is 28.6 Å². The highest BCUT2D eigenvalue weighted by Crippen LogP contribution is 2.53. The van der Waals surface area contributed by atoms with Gasteiger partial charge in [-0.05, 0) is 48.4 Å². The van der Waals surface area contributed by atoms with E-state index in [2.05, 4.69) is 22.0 Å². The highest BCUT2D eigenvalue weighted by molar-refractivity contribution is 6.31. The van der Waals surface area contributed by atoms with Crippen molar-refractivity contribution >= 4 is 35.0 Å². The largest absolute Gasteiger partial charge is 0.394 e. The van der Waals surface area contributed by atoms with Gasteiger partial charge in [-0.2, -0.15) is 5.26 Å². The summed E-state index contributed by atoms with van der Waals surface area (Å²) in [6, 6.07) is 8.36. The van der Waals surface area contributed by atoms with Crippen LogP contribution in [-0.2, 0) is 15.0 Å². The molecule has 5 N–H and O–H groups in total. The molecular weight excluding hydrogens is 589 g/mol. The Morgan fingerprint density at radius 3 is 2.52 bits per heavy atom. The zero-order valence-corrected chi connectivity index (χ0v) is 25.2. The number of halogens is 4. The van der Waals surface area contributed by atoms with E-state index in [1.165, 1.54) is 37.3 Å². The normalized spacial score (nSPS) is 22.8. The Labute approximate surface area is 254 Å². The molecule has 0 bridgehead atoms. The van der Waals surface area contributed by atoms with Gasteiger partial charge in [0.25, 0.3) is 0 Å². The van der Waals surface area contributed by atoms with Gasteiger partial charge in [0.1, 0.15) is 17.0 Å². The Bertz CT molecular complexity index is 1340. The van der Waals surface area contributed by atoms with Gasteiger partial charge < -0.3 is 26.2 Å². The standard InChI is InChI=1S/C30H36Cl2F2N4O4/c1-17(40)36-12-10-29(2,3)14-24-30(16-35,21-8-7-18(31)13-23(21)33)25(20-5-4-6-22(32)26(20)34)27(38-24)28(42)37-11-9-19(41)15-39/h4-8,13,19,24-25,27,38-39,41H,9-12,14-15H2,1-3H3,(H,36,40)(H,37,42)/t19-,24-,25-,27+,30-/m0/s1. The predicted octanol–water partition coefficient (Wildman–Crippen LogP) is 3.96. The number of aliphatic hydroxyl groups is 2. The van der Waals surface area contributed by atoms with Crippen LogP contribution in [0.4, 0.5) is 8.78 Å². The van der Waals surface area contributed by atoms with E-state index in [0.717, 1.165) is 6.07 Å². The first-order chi connectivity index (χ1) is 19.8. The molecule has 1 aliphatic rings. The minimum absolute atomic E-state index is 0.00871. The number of carbonyl (C=O) groups excluding carboxylic acids is 2. The third-order valence-corrected chi connectivity index (χ3v) is 8.36. The second-order valence-corrected chi connectivity index (χ2v) is 12.3. The van der Waals surface area contributed by atoms with Crippen molar-refractivity contribution in [2.24, 2.45) is 5.41 Å². The molecule has 228 valence electrons. The number of nitriles is 1. The van der Waals surface area contributed by atoms with E-state index in [1.807, 2.05) is 13.8 Å². The molecule has 5 atom stereocenters. The number of aliphatic hydroxyl groups excluding tert-OH is 2. The van der Waals surface area contributed by atoms with Crippen molar-refractivity contribution in [3.63, 3.8) is 0 Å². The molecule has 3 rings (SSSR count). The third-order valence-electron chi connectivity index (χ3n) is 7.84. The van der Waals surface area contributed by atoms with Crippen LogP contribution in [0.1, 0.15) is 57.1 Å². The van der Waals surface area contributed by atoms with Crippen LogP contribution in [0.2, 0.25) is 10.0 Å². The lowest BCUT2D eigenvalue weighted by atomic mass is 9.62. The molecule has 1 fully saturated rings. The highest BCUT2D eigenvalue weighted by atomic mass is 35.5. The number of amides is 2. The lowest BCUT2D eigenvalue weighted by Gasteiger charge is -2.38. The molecule has 1 aliphatic heterocycles. The second kappa shape index (κ2) is 14.1.